The Bertz CT molecular complexity index is 1350. The number of rotatable bonds is 7. The van der Waals surface area contributed by atoms with Gasteiger partial charge in [0, 0.05) is 35.2 Å². The van der Waals surface area contributed by atoms with Gasteiger partial charge in [-0.05, 0) is 37.5 Å². The molecule has 1 aromatic heterocycles. The Labute approximate surface area is 193 Å². The molecule has 3 aromatic carbocycles. The molecule has 5 nitrogen and oxygen atoms in total. The van der Waals surface area contributed by atoms with E-state index < -0.39 is 16.6 Å². The number of thiazole rings is 1. The molecular formula is C25H21F2N3O2S. The summed E-state index contributed by atoms with van der Waals surface area (Å²) in [6.07, 6.45) is 1.60. The molecule has 0 saturated heterocycles. The SMILES string of the molecule is CC(CCc1ccccc1)n1c(-c2cccc([N+](=O)[O-])c2)csc1=Nc1ccc(F)cc1F. The van der Waals surface area contributed by atoms with Crippen molar-refractivity contribution in [1.82, 2.24) is 4.57 Å². The van der Waals surface area contributed by atoms with Gasteiger partial charge in [-0.15, -0.1) is 11.3 Å². The molecule has 0 fully saturated rings. The summed E-state index contributed by atoms with van der Waals surface area (Å²) in [4.78, 5) is 15.8. The van der Waals surface area contributed by atoms with Gasteiger partial charge in [-0.1, -0.05) is 42.5 Å². The molecule has 1 unspecified atom stereocenters. The third kappa shape index (κ3) is 5.23. The Morgan fingerprint density at radius 2 is 1.85 bits per heavy atom. The molecule has 4 rings (SSSR count). The lowest BCUT2D eigenvalue weighted by Crippen LogP contribution is -2.20. The van der Waals surface area contributed by atoms with Gasteiger partial charge in [0.1, 0.15) is 11.5 Å². The van der Waals surface area contributed by atoms with Gasteiger partial charge in [0.15, 0.2) is 10.6 Å². The number of non-ortho nitro benzene ring substituents is 1. The van der Waals surface area contributed by atoms with Crippen LogP contribution >= 0.6 is 11.3 Å². The second kappa shape index (κ2) is 9.87. The van der Waals surface area contributed by atoms with E-state index in [1.807, 2.05) is 35.1 Å². The number of halogens is 2. The molecule has 8 heteroatoms. The third-order valence-electron chi connectivity index (χ3n) is 5.35. The number of aromatic nitrogens is 1. The number of aryl methyl sites for hydroxylation is 1. The van der Waals surface area contributed by atoms with E-state index in [0.717, 1.165) is 24.6 Å². The van der Waals surface area contributed by atoms with Crippen LogP contribution in [0.1, 0.15) is 24.9 Å². The molecule has 4 aromatic rings. The van der Waals surface area contributed by atoms with Gasteiger partial charge in [0.25, 0.3) is 5.69 Å². The van der Waals surface area contributed by atoms with Gasteiger partial charge in [0.2, 0.25) is 0 Å². The van der Waals surface area contributed by atoms with Crippen molar-refractivity contribution in [2.75, 3.05) is 0 Å². The maximum Gasteiger partial charge on any atom is 0.270 e. The van der Waals surface area contributed by atoms with Crippen LogP contribution in [-0.2, 0) is 6.42 Å². The Hall–Kier alpha value is -3.65. The molecule has 0 saturated carbocycles. The van der Waals surface area contributed by atoms with Crippen molar-refractivity contribution in [2.24, 2.45) is 4.99 Å². The topological polar surface area (TPSA) is 60.4 Å². The van der Waals surface area contributed by atoms with E-state index >= 15 is 0 Å². The summed E-state index contributed by atoms with van der Waals surface area (Å²) in [7, 11) is 0. The van der Waals surface area contributed by atoms with Crippen LogP contribution in [0.4, 0.5) is 20.2 Å². The average molecular weight is 466 g/mol. The van der Waals surface area contributed by atoms with Gasteiger partial charge < -0.3 is 4.57 Å². The van der Waals surface area contributed by atoms with Crippen molar-refractivity contribution in [2.45, 2.75) is 25.8 Å². The number of hydrogen-bond acceptors (Lipinski definition) is 4. The highest BCUT2D eigenvalue weighted by Gasteiger charge is 2.17. The van der Waals surface area contributed by atoms with Crippen LogP contribution in [0.5, 0.6) is 0 Å². The van der Waals surface area contributed by atoms with Crippen LogP contribution in [0, 0.1) is 21.7 Å². The monoisotopic (exact) mass is 465 g/mol. The lowest BCUT2D eigenvalue weighted by Gasteiger charge is -2.18. The third-order valence-corrected chi connectivity index (χ3v) is 6.19. The number of benzene rings is 3. The fraction of sp³-hybridized carbons (Fsp3) is 0.160. The molecule has 0 aliphatic carbocycles. The zero-order chi connectivity index (χ0) is 23.4. The van der Waals surface area contributed by atoms with E-state index in [-0.39, 0.29) is 17.4 Å². The summed E-state index contributed by atoms with van der Waals surface area (Å²) >= 11 is 1.31. The average Bonchev–Trinajstić information content (AvgIpc) is 3.24. The highest BCUT2D eigenvalue weighted by molar-refractivity contribution is 7.07. The van der Waals surface area contributed by atoms with Crippen LogP contribution in [0.2, 0.25) is 0 Å². The van der Waals surface area contributed by atoms with Crippen molar-refractivity contribution in [3.05, 3.63) is 110 Å². The lowest BCUT2D eigenvalue weighted by molar-refractivity contribution is -0.384. The first-order chi connectivity index (χ1) is 15.9. The summed E-state index contributed by atoms with van der Waals surface area (Å²) in [6, 6.07) is 19.7. The minimum Gasteiger partial charge on any atom is -0.314 e. The van der Waals surface area contributed by atoms with Gasteiger partial charge in [-0.2, -0.15) is 0 Å². The van der Waals surface area contributed by atoms with E-state index in [9.17, 15) is 18.9 Å². The molecule has 0 aliphatic heterocycles. The van der Waals surface area contributed by atoms with Crippen LogP contribution in [-0.4, -0.2) is 9.49 Å². The zero-order valence-electron chi connectivity index (χ0n) is 17.8. The molecule has 168 valence electrons. The van der Waals surface area contributed by atoms with Crippen molar-refractivity contribution in [1.29, 1.82) is 0 Å². The van der Waals surface area contributed by atoms with Crippen LogP contribution in [0.15, 0.2) is 83.2 Å². The molecule has 33 heavy (non-hydrogen) atoms. The fourth-order valence-corrected chi connectivity index (χ4v) is 4.65. The van der Waals surface area contributed by atoms with Crippen molar-refractivity contribution < 1.29 is 13.7 Å². The molecule has 0 radical (unpaired) electrons. The first kappa shape index (κ1) is 22.5. The maximum absolute atomic E-state index is 14.3. The van der Waals surface area contributed by atoms with Crippen molar-refractivity contribution in [3.8, 4) is 11.3 Å². The normalized spacial score (nSPS) is 12.6. The van der Waals surface area contributed by atoms with Gasteiger partial charge in [-0.3, -0.25) is 10.1 Å². The van der Waals surface area contributed by atoms with Crippen LogP contribution in [0.25, 0.3) is 11.3 Å². The Morgan fingerprint density at radius 1 is 1.06 bits per heavy atom. The minimum absolute atomic E-state index is 0.00902. The first-order valence-electron chi connectivity index (χ1n) is 10.4. The van der Waals surface area contributed by atoms with E-state index in [2.05, 4.69) is 17.1 Å². The van der Waals surface area contributed by atoms with Crippen molar-refractivity contribution in [3.63, 3.8) is 0 Å². The van der Waals surface area contributed by atoms with E-state index in [0.29, 0.717) is 10.4 Å². The molecule has 0 bridgehead atoms. The smallest absolute Gasteiger partial charge is 0.270 e. The molecule has 0 spiro atoms. The highest BCUT2D eigenvalue weighted by Crippen LogP contribution is 2.29. The first-order valence-corrected chi connectivity index (χ1v) is 11.3. The molecule has 0 aliphatic rings. The predicted molar refractivity (Wildman–Crippen MR) is 125 cm³/mol. The summed E-state index contributed by atoms with van der Waals surface area (Å²) in [5.41, 5.74) is 2.65. The summed E-state index contributed by atoms with van der Waals surface area (Å²) < 4.78 is 29.6. The van der Waals surface area contributed by atoms with Crippen LogP contribution in [0.3, 0.4) is 0 Å². The largest absolute Gasteiger partial charge is 0.314 e. The zero-order valence-corrected chi connectivity index (χ0v) is 18.6. The summed E-state index contributed by atoms with van der Waals surface area (Å²) in [5, 5.41) is 13.1. The molecule has 0 amide bonds. The standard InChI is InChI=1S/C25H21F2N3O2S/c1-17(10-11-18-6-3-2-4-7-18)29-24(19-8-5-9-21(14-19)30(31)32)16-33-25(29)28-23-13-12-20(26)15-22(23)27/h2-9,12-17H,10-11H2,1H3. The number of nitro groups is 1. The number of hydrogen-bond donors (Lipinski definition) is 0. The van der Waals surface area contributed by atoms with E-state index in [1.165, 1.54) is 41.2 Å². The molecule has 1 heterocycles. The Morgan fingerprint density at radius 3 is 2.58 bits per heavy atom. The van der Waals surface area contributed by atoms with E-state index in [1.54, 1.807) is 12.1 Å². The Kier molecular flexibility index (Phi) is 6.74. The van der Waals surface area contributed by atoms with Gasteiger partial charge in [0.05, 0.1) is 10.6 Å². The predicted octanol–water partition coefficient (Wildman–Crippen LogP) is 6.83. The van der Waals surface area contributed by atoms with Gasteiger partial charge >= 0.3 is 0 Å². The molecular weight excluding hydrogens is 444 g/mol. The summed E-state index contributed by atoms with van der Waals surface area (Å²) in [5.74, 6) is -1.41. The van der Waals surface area contributed by atoms with Crippen molar-refractivity contribution >= 4 is 22.7 Å². The molecule has 1 atom stereocenters. The highest BCUT2D eigenvalue weighted by atomic mass is 32.1. The van der Waals surface area contributed by atoms with E-state index in [4.69, 9.17) is 0 Å². The van der Waals surface area contributed by atoms with Crippen LogP contribution < -0.4 is 4.80 Å². The fourth-order valence-electron chi connectivity index (χ4n) is 3.64. The quantitative estimate of drug-likeness (QED) is 0.222. The Balaban J connectivity index is 1.79. The van der Waals surface area contributed by atoms with Gasteiger partial charge in [-0.25, -0.2) is 13.8 Å². The molecule has 0 N–H and O–H groups in total. The number of nitrogens with zero attached hydrogens (tertiary/aromatic N) is 3. The minimum atomic E-state index is -0.746. The second-order valence-electron chi connectivity index (χ2n) is 7.66. The lowest BCUT2D eigenvalue weighted by atomic mass is 10.1. The number of nitro benzene ring substituents is 1. The second-order valence-corrected chi connectivity index (χ2v) is 8.50. The summed E-state index contributed by atoms with van der Waals surface area (Å²) in [6.45, 7) is 2.04. The maximum atomic E-state index is 14.3.